The molecule has 0 rings (SSSR count). The fraction of sp³-hybridized carbons (Fsp3) is 0.714. The maximum absolute atomic E-state index is 8.52. The van der Waals surface area contributed by atoms with Gasteiger partial charge < -0.3 is 10.4 Å². The van der Waals surface area contributed by atoms with E-state index in [1.807, 2.05) is 26.1 Å². The third-order valence-electron chi connectivity index (χ3n) is 1.24. The SMILES string of the molecule is C/C=C/[C@@H](CCO)NC. The van der Waals surface area contributed by atoms with Gasteiger partial charge in [-0.3, -0.25) is 0 Å². The second-order valence-electron chi connectivity index (χ2n) is 1.93. The molecule has 0 aromatic carbocycles. The highest BCUT2D eigenvalue weighted by Crippen LogP contribution is 1.90. The molecular weight excluding hydrogens is 114 g/mol. The topological polar surface area (TPSA) is 32.3 Å². The Balaban J connectivity index is 3.41. The van der Waals surface area contributed by atoms with E-state index < -0.39 is 0 Å². The number of nitrogens with one attached hydrogen (secondary N) is 1. The summed E-state index contributed by atoms with van der Waals surface area (Å²) < 4.78 is 0. The van der Waals surface area contributed by atoms with Crippen LogP contribution in [0.2, 0.25) is 0 Å². The average Bonchev–Trinajstić information content (AvgIpc) is 1.88. The van der Waals surface area contributed by atoms with Crippen LogP contribution in [-0.4, -0.2) is 24.8 Å². The van der Waals surface area contributed by atoms with E-state index in [0.717, 1.165) is 6.42 Å². The van der Waals surface area contributed by atoms with Gasteiger partial charge in [0.15, 0.2) is 0 Å². The monoisotopic (exact) mass is 129 g/mol. The lowest BCUT2D eigenvalue weighted by Crippen LogP contribution is -2.23. The molecule has 0 unspecified atom stereocenters. The molecule has 0 spiro atoms. The van der Waals surface area contributed by atoms with E-state index in [-0.39, 0.29) is 6.61 Å². The van der Waals surface area contributed by atoms with Crippen molar-refractivity contribution in [2.75, 3.05) is 13.7 Å². The van der Waals surface area contributed by atoms with Crippen LogP contribution in [0.25, 0.3) is 0 Å². The first-order valence-electron chi connectivity index (χ1n) is 3.26. The maximum atomic E-state index is 8.52. The van der Waals surface area contributed by atoms with Gasteiger partial charge in [0.25, 0.3) is 0 Å². The fourth-order valence-electron chi connectivity index (χ4n) is 0.708. The van der Waals surface area contributed by atoms with Crippen LogP contribution >= 0.6 is 0 Å². The van der Waals surface area contributed by atoms with Crippen molar-refractivity contribution in [3.8, 4) is 0 Å². The first kappa shape index (κ1) is 8.66. The molecule has 0 aliphatic heterocycles. The van der Waals surface area contributed by atoms with Crippen molar-refractivity contribution < 1.29 is 5.11 Å². The average molecular weight is 129 g/mol. The molecule has 0 radical (unpaired) electrons. The van der Waals surface area contributed by atoms with Gasteiger partial charge in [-0.05, 0) is 20.4 Å². The van der Waals surface area contributed by atoms with Crippen molar-refractivity contribution in [3.05, 3.63) is 12.2 Å². The quantitative estimate of drug-likeness (QED) is 0.543. The molecule has 0 aliphatic carbocycles. The smallest absolute Gasteiger partial charge is 0.0448 e. The zero-order valence-corrected chi connectivity index (χ0v) is 6.09. The highest BCUT2D eigenvalue weighted by Gasteiger charge is 1.96. The van der Waals surface area contributed by atoms with E-state index >= 15 is 0 Å². The lowest BCUT2D eigenvalue weighted by molar-refractivity contribution is 0.277. The molecule has 0 saturated heterocycles. The Morgan fingerprint density at radius 3 is 2.67 bits per heavy atom. The first-order chi connectivity index (χ1) is 4.35. The second kappa shape index (κ2) is 5.79. The van der Waals surface area contributed by atoms with Crippen molar-refractivity contribution in [2.24, 2.45) is 0 Å². The van der Waals surface area contributed by atoms with Gasteiger partial charge in [-0.15, -0.1) is 0 Å². The number of aliphatic hydroxyl groups is 1. The van der Waals surface area contributed by atoms with Crippen LogP contribution in [0.5, 0.6) is 0 Å². The summed E-state index contributed by atoms with van der Waals surface area (Å²) in [5, 5.41) is 11.6. The molecule has 0 amide bonds. The van der Waals surface area contributed by atoms with Gasteiger partial charge in [-0.1, -0.05) is 12.2 Å². The highest BCUT2D eigenvalue weighted by molar-refractivity contribution is 4.89. The van der Waals surface area contributed by atoms with Crippen LogP contribution in [0.3, 0.4) is 0 Å². The minimum Gasteiger partial charge on any atom is -0.396 e. The van der Waals surface area contributed by atoms with Crippen molar-refractivity contribution >= 4 is 0 Å². The Morgan fingerprint density at radius 2 is 2.33 bits per heavy atom. The number of rotatable bonds is 4. The zero-order chi connectivity index (χ0) is 7.11. The Bertz CT molecular complexity index is 81.0. The minimum absolute atomic E-state index is 0.246. The molecule has 0 saturated carbocycles. The van der Waals surface area contributed by atoms with E-state index in [4.69, 9.17) is 5.11 Å². The van der Waals surface area contributed by atoms with Crippen molar-refractivity contribution in [1.29, 1.82) is 0 Å². The lowest BCUT2D eigenvalue weighted by Gasteiger charge is -2.07. The van der Waals surface area contributed by atoms with Gasteiger partial charge in [0.2, 0.25) is 0 Å². The molecular formula is C7H15NO. The molecule has 0 heterocycles. The third kappa shape index (κ3) is 4.18. The van der Waals surface area contributed by atoms with Gasteiger partial charge in [-0.2, -0.15) is 0 Å². The number of hydrogen-bond donors (Lipinski definition) is 2. The molecule has 54 valence electrons. The predicted octanol–water partition coefficient (Wildman–Crippen LogP) is 0.533. The summed E-state index contributed by atoms with van der Waals surface area (Å²) in [4.78, 5) is 0. The van der Waals surface area contributed by atoms with Crippen LogP contribution in [0.1, 0.15) is 13.3 Å². The molecule has 0 aromatic heterocycles. The number of aliphatic hydroxyl groups excluding tert-OH is 1. The highest BCUT2D eigenvalue weighted by atomic mass is 16.3. The van der Waals surface area contributed by atoms with Crippen LogP contribution in [0.4, 0.5) is 0 Å². The second-order valence-corrected chi connectivity index (χ2v) is 1.93. The van der Waals surface area contributed by atoms with Gasteiger partial charge in [0, 0.05) is 12.6 Å². The zero-order valence-electron chi connectivity index (χ0n) is 6.09. The Kier molecular flexibility index (Phi) is 5.57. The summed E-state index contributed by atoms with van der Waals surface area (Å²) in [5.74, 6) is 0. The largest absolute Gasteiger partial charge is 0.396 e. The van der Waals surface area contributed by atoms with Gasteiger partial charge in [0.05, 0.1) is 0 Å². The molecule has 9 heavy (non-hydrogen) atoms. The van der Waals surface area contributed by atoms with Gasteiger partial charge >= 0.3 is 0 Å². The number of allylic oxidation sites excluding steroid dienone is 1. The van der Waals surface area contributed by atoms with E-state index in [1.54, 1.807) is 0 Å². The van der Waals surface area contributed by atoms with E-state index in [1.165, 1.54) is 0 Å². The summed E-state index contributed by atoms with van der Waals surface area (Å²) in [6, 6.07) is 0.333. The van der Waals surface area contributed by atoms with E-state index in [2.05, 4.69) is 5.32 Å². The standard InChI is InChI=1S/C7H15NO/c1-3-4-7(8-2)5-6-9/h3-4,7-9H,5-6H2,1-2H3/b4-3+/t7-/m0/s1. The predicted molar refractivity (Wildman–Crippen MR) is 39.4 cm³/mol. The summed E-state index contributed by atoms with van der Waals surface area (Å²) in [5.41, 5.74) is 0. The van der Waals surface area contributed by atoms with Crippen LogP contribution in [0.15, 0.2) is 12.2 Å². The summed E-state index contributed by atoms with van der Waals surface area (Å²) in [6.07, 6.45) is 4.81. The van der Waals surface area contributed by atoms with Crippen LogP contribution in [-0.2, 0) is 0 Å². The maximum Gasteiger partial charge on any atom is 0.0448 e. The molecule has 2 heteroatoms. The molecule has 2 N–H and O–H groups in total. The number of likely N-dealkylation sites (N-methyl/N-ethyl adjacent to an activating group) is 1. The van der Waals surface area contributed by atoms with Crippen LogP contribution in [0, 0.1) is 0 Å². The Morgan fingerprint density at radius 1 is 1.67 bits per heavy atom. The molecule has 0 aromatic rings. The Labute approximate surface area is 56.6 Å². The minimum atomic E-state index is 0.246. The lowest BCUT2D eigenvalue weighted by atomic mass is 10.2. The summed E-state index contributed by atoms with van der Waals surface area (Å²) in [7, 11) is 1.89. The molecule has 2 nitrogen and oxygen atoms in total. The third-order valence-corrected chi connectivity index (χ3v) is 1.24. The normalized spacial score (nSPS) is 14.6. The Hall–Kier alpha value is -0.340. The molecule has 1 atom stereocenters. The molecule has 0 fully saturated rings. The van der Waals surface area contributed by atoms with E-state index in [9.17, 15) is 0 Å². The van der Waals surface area contributed by atoms with Gasteiger partial charge in [-0.25, -0.2) is 0 Å². The molecule has 0 aliphatic rings. The molecule has 0 bridgehead atoms. The first-order valence-corrected chi connectivity index (χ1v) is 3.26. The summed E-state index contributed by atoms with van der Waals surface area (Å²) >= 11 is 0. The van der Waals surface area contributed by atoms with Gasteiger partial charge in [0.1, 0.15) is 0 Å². The van der Waals surface area contributed by atoms with Crippen LogP contribution < -0.4 is 5.32 Å². The van der Waals surface area contributed by atoms with E-state index in [0.29, 0.717) is 6.04 Å². The fourth-order valence-corrected chi connectivity index (χ4v) is 0.708. The van der Waals surface area contributed by atoms with Crippen molar-refractivity contribution in [3.63, 3.8) is 0 Å². The van der Waals surface area contributed by atoms with Crippen molar-refractivity contribution in [1.82, 2.24) is 5.32 Å². The van der Waals surface area contributed by atoms with Crippen molar-refractivity contribution in [2.45, 2.75) is 19.4 Å². The number of hydrogen-bond acceptors (Lipinski definition) is 2. The summed E-state index contributed by atoms with van der Waals surface area (Å²) in [6.45, 7) is 2.22.